The number of hydrogen-bond acceptors (Lipinski definition) is 4. The van der Waals surface area contributed by atoms with Crippen LogP contribution in [0.5, 0.6) is 0 Å². The molecule has 2 heterocycles. The minimum absolute atomic E-state index is 0.137. The van der Waals surface area contributed by atoms with Gasteiger partial charge < -0.3 is 19.8 Å². The van der Waals surface area contributed by atoms with Gasteiger partial charge in [-0.05, 0) is 37.3 Å². The number of hydrogen-bond donors (Lipinski definition) is 1. The smallest absolute Gasteiger partial charge is 0.407 e. The van der Waals surface area contributed by atoms with Gasteiger partial charge in [0.1, 0.15) is 0 Å². The third kappa shape index (κ3) is 4.21. The highest BCUT2D eigenvalue weighted by atomic mass is 35.5. The maximum absolute atomic E-state index is 13.1. The quantitative estimate of drug-likeness (QED) is 0.635. The second-order valence-corrected chi connectivity index (χ2v) is 8.65. The number of aromatic nitrogens is 1. The molecule has 1 fully saturated rings. The number of benzene rings is 2. The third-order valence-corrected chi connectivity index (χ3v) is 6.14. The van der Waals surface area contributed by atoms with Crippen molar-refractivity contribution in [3.63, 3.8) is 0 Å². The normalized spacial score (nSPS) is 16.3. The average Bonchev–Trinajstić information content (AvgIpc) is 2.77. The van der Waals surface area contributed by atoms with Gasteiger partial charge in [-0.3, -0.25) is 4.79 Å². The largest absolute Gasteiger partial charge is 0.465 e. The molecule has 0 spiro atoms. The summed E-state index contributed by atoms with van der Waals surface area (Å²) in [5.74, 6) is -0.137. The Labute approximate surface area is 191 Å². The fourth-order valence-corrected chi connectivity index (χ4v) is 4.28. The summed E-state index contributed by atoms with van der Waals surface area (Å²) in [6, 6.07) is 14.9. The molecule has 8 heteroatoms. The summed E-state index contributed by atoms with van der Waals surface area (Å²) in [6.45, 7) is 2.82. The van der Waals surface area contributed by atoms with E-state index in [2.05, 4.69) is 0 Å². The number of carbonyl (C=O) groups is 2. The summed E-state index contributed by atoms with van der Waals surface area (Å²) in [6.07, 6.45) is -0.958. The van der Waals surface area contributed by atoms with Gasteiger partial charge in [0.05, 0.1) is 16.2 Å². The van der Waals surface area contributed by atoms with Crippen molar-refractivity contribution in [1.82, 2.24) is 14.8 Å². The number of halogens is 1. The van der Waals surface area contributed by atoms with Gasteiger partial charge >= 0.3 is 6.09 Å². The summed E-state index contributed by atoms with van der Waals surface area (Å²) < 4.78 is 0. The molecule has 0 radical (unpaired) electrons. The van der Waals surface area contributed by atoms with E-state index in [1.54, 1.807) is 17.0 Å². The molecule has 166 valence electrons. The van der Waals surface area contributed by atoms with Crippen LogP contribution in [0.1, 0.15) is 17.3 Å². The van der Waals surface area contributed by atoms with E-state index in [9.17, 15) is 14.7 Å². The van der Waals surface area contributed by atoms with E-state index in [1.165, 1.54) is 4.90 Å². The lowest BCUT2D eigenvalue weighted by atomic mass is 10.1. The van der Waals surface area contributed by atoms with Gasteiger partial charge in [0.15, 0.2) is 0 Å². The second-order valence-electron chi connectivity index (χ2n) is 8.24. The Morgan fingerprint density at radius 1 is 1.12 bits per heavy atom. The fraction of sp³-hybridized carbons (Fsp3) is 0.292. The Kier molecular flexibility index (Phi) is 5.93. The minimum atomic E-state index is -0.958. The number of carboxylic acid groups (broad SMARTS) is 1. The SMILES string of the molecule is C[C@@H]1CN(C(=O)c2ccc3c(Cl)cc(-c4cccc(N(C)C)c4)nc3c2)CCN1C(=O)O. The van der Waals surface area contributed by atoms with Crippen LogP contribution in [-0.2, 0) is 0 Å². The van der Waals surface area contributed by atoms with Crippen LogP contribution >= 0.6 is 11.6 Å². The molecule has 0 bridgehead atoms. The number of piperazine rings is 1. The summed E-state index contributed by atoms with van der Waals surface area (Å²) in [7, 11) is 3.96. The van der Waals surface area contributed by atoms with Crippen molar-refractivity contribution in [3.05, 3.63) is 59.1 Å². The van der Waals surface area contributed by atoms with Crippen molar-refractivity contribution in [2.45, 2.75) is 13.0 Å². The van der Waals surface area contributed by atoms with Crippen molar-refractivity contribution < 1.29 is 14.7 Å². The number of fused-ring (bicyclic) bond motifs is 1. The number of pyridine rings is 1. The number of rotatable bonds is 3. The topological polar surface area (TPSA) is 77.0 Å². The maximum atomic E-state index is 13.1. The highest BCUT2D eigenvalue weighted by Gasteiger charge is 2.30. The van der Waals surface area contributed by atoms with Gasteiger partial charge in [-0.25, -0.2) is 9.78 Å². The van der Waals surface area contributed by atoms with Crippen LogP contribution in [0.15, 0.2) is 48.5 Å². The van der Waals surface area contributed by atoms with E-state index in [1.807, 2.05) is 62.3 Å². The van der Waals surface area contributed by atoms with Gasteiger partial charge in [-0.1, -0.05) is 29.8 Å². The van der Waals surface area contributed by atoms with Crippen LogP contribution in [0.4, 0.5) is 10.5 Å². The first-order valence-electron chi connectivity index (χ1n) is 10.4. The molecule has 0 unspecified atom stereocenters. The summed E-state index contributed by atoms with van der Waals surface area (Å²) in [4.78, 5) is 34.3. The molecular formula is C24H25ClN4O3. The Morgan fingerprint density at radius 3 is 2.59 bits per heavy atom. The first-order valence-corrected chi connectivity index (χ1v) is 10.8. The predicted octanol–water partition coefficient (Wildman–Crippen LogP) is 4.45. The van der Waals surface area contributed by atoms with E-state index in [0.29, 0.717) is 35.7 Å². The van der Waals surface area contributed by atoms with Crippen LogP contribution in [0.25, 0.3) is 22.2 Å². The van der Waals surface area contributed by atoms with Crippen LogP contribution < -0.4 is 4.90 Å². The lowest BCUT2D eigenvalue weighted by Crippen LogP contribution is -2.55. The van der Waals surface area contributed by atoms with Crippen molar-refractivity contribution in [3.8, 4) is 11.3 Å². The van der Waals surface area contributed by atoms with E-state index >= 15 is 0 Å². The van der Waals surface area contributed by atoms with E-state index in [0.717, 1.165) is 22.3 Å². The van der Waals surface area contributed by atoms with Crippen LogP contribution in [-0.4, -0.2) is 71.7 Å². The molecule has 0 aliphatic carbocycles. The first kappa shape index (κ1) is 21.9. The van der Waals surface area contributed by atoms with Crippen molar-refractivity contribution >= 4 is 40.2 Å². The van der Waals surface area contributed by atoms with Crippen LogP contribution in [0, 0.1) is 0 Å². The molecule has 2 aromatic carbocycles. The number of carbonyl (C=O) groups excluding carboxylic acids is 1. The van der Waals surface area contributed by atoms with Gasteiger partial charge in [-0.2, -0.15) is 0 Å². The Bertz CT molecular complexity index is 1200. The first-order chi connectivity index (χ1) is 15.2. The molecule has 4 rings (SSSR count). The highest BCUT2D eigenvalue weighted by molar-refractivity contribution is 6.35. The lowest BCUT2D eigenvalue weighted by Gasteiger charge is -2.38. The lowest BCUT2D eigenvalue weighted by molar-refractivity contribution is 0.0507. The molecular weight excluding hydrogens is 428 g/mol. The molecule has 32 heavy (non-hydrogen) atoms. The van der Waals surface area contributed by atoms with E-state index in [4.69, 9.17) is 16.6 Å². The zero-order valence-corrected chi connectivity index (χ0v) is 19.0. The molecule has 0 saturated carbocycles. The zero-order chi connectivity index (χ0) is 23.0. The molecule has 1 aliphatic rings. The maximum Gasteiger partial charge on any atom is 0.407 e. The highest BCUT2D eigenvalue weighted by Crippen LogP contribution is 2.30. The van der Waals surface area contributed by atoms with Crippen molar-refractivity contribution in [2.75, 3.05) is 38.6 Å². The van der Waals surface area contributed by atoms with Gasteiger partial charge in [0, 0.05) is 62.0 Å². The summed E-state index contributed by atoms with van der Waals surface area (Å²) in [5.41, 5.74) is 3.89. The molecule has 1 atom stereocenters. The van der Waals surface area contributed by atoms with Crippen LogP contribution in [0.2, 0.25) is 5.02 Å². The fourth-order valence-electron chi connectivity index (χ4n) is 4.02. The van der Waals surface area contributed by atoms with Crippen molar-refractivity contribution in [2.24, 2.45) is 0 Å². The monoisotopic (exact) mass is 452 g/mol. The standard InChI is InChI=1S/C24H25ClN4O3/c1-15-14-28(9-10-29(15)24(31)32)23(30)17-7-8-19-20(25)13-21(26-22(19)12-17)16-5-4-6-18(11-16)27(2)3/h4-8,11-13,15H,9-10,14H2,1-3H3,(H,31,32)/t15-/m1/s1. The molecule has 7 nitrogen and oxygen atoms in total. The minimum Gasteiger partial charge on any atom is -0.465 e. The molecule has 2 amide bonds. The molecule has 1 N–H and O–H groups in total. The van der Waals surface area contributed by atoms with Crippen LogP contribution in [0.3, 0.4) is 0 Å². The van der Waals surface area contributed by atoms with Gasteiger partial charge in [-0.15, -0.1) is 0 Å². The van der Waals surface area contributed by atoms with Gasteiger partial charge in [0.25, 0.3) is 5.91 Å². The number of amides is 2. The average molecular weight is 453 g/mol. The number of nitrogens with zero attached hydrogens (tertiary/aromatic N) is 4. The summed E-state index contributed by atoms with van der Waals surface area (Å²) >= 11 is 6.55. The second kappa shape index (κ2) is 8.67. The Morgan fingerprint density at radius 2 is 1.91 bits per heavy atom. The van der Waals surface area contributed by atoms with Gasteiger partial charge in [0.2, 0.25) is 0 Å². The molecule has 1 aromatic heterocycles. The third-order valence-electron chi connectivity index (χ3n) is 5.83. The molecule has 3 aromatic rings. The zero-order valence-electron chi connectivity index (χ0n) is 18.2. The predicted molar refractivity (Wildman–Crippen MR) is 127 cm³/mol. The van der Waals surface area contributed by atoms with E-state index in [-0.39, 0.29) is 11.9 Å². The molecule has 1 saturated heterocycles. The Hall–Kier alpha value is -3.32. The molecule has 1 aliphatic heterocycles. The summed E-state index contributed by atoms with van der Waals surface area (Å²) in [5, 5.41) is 10.6. The van der Waals surface area contributed by atoms with E-state index < -0.39 is 6.09 Å². The van der Waals surface area contributed by atoms with Crippen molar-refractivity contribution in [1.29, 1.82) is 0 Å². The number of anilines is 1. The Balaban J connectivity index is 1.66.